The van der Waals surface area contributed by atoms with Crippen LogP contribution in [0.15, 0.2) is 33.8 Å². The van der Waals surface area contributed by atoms with E-state index in [0.29, 0.717) is 22.8 Å². The van der Waals surface area contributed by atoms with Gasteiger partial charge in [0.2, 0.25) is 5.96 Å². The molecule has 0 spiro atoms. The molecule has 1 N–H and O–H groups in total. The molecule has 33 heavy (non-hydrogen) atoms. The fourth-order valence-electron chi connectivity index (χ4n) is 6.54. The van der Waals surface area contributed by atoms with E-state index in [1.165, 1.54) is 50.8 Å². The second-order valence-corrected chi connectivity index (χ2v) is 12.5. The Bertz CT molecular complexity index is 773. The van der Waals surface area contributed by atoms with Crippen LogP contribution in [0.1, 0.15) is 79.1 Å². The molecule has 0 aromatic heterocycles. The Balaban J connectivity index is 1.35. The third-order valence-corrected chi connectivity index (χ3v) is 8.97. The van der Waals surface area contributed by atoms with E-state index in [-0.39, 0.29) is 6.04 Å². The Morgan fingerprint density at radius 1 is 1.18 bits per heavy atom. The van der Waals surface area contributed by atoms with Crippen molar-refractivity contribution in [3.8, 4) is 0 Å². The van der Waals surface area contributed by atoms with Crippen LogP contribution in [-0.2, 0) is 0 Å². The number of likely N-dealkylation sites (tertiary alicyclic amines) is 1. The van der Waals surface area contributed by atoms with Gasteiger partial charge in [-0.05, 0) is 80.2 Å². The molecular weight excluding hydrogens is 428 g/mol. The Labute approximate surface area is 207 Å². The minimum atomic E-state index is 0.250. The molecule has 0 aromatic carbocycles. The molecule has 0 bridgehead atoms. The zero-order valence-corrected chi connectivity index (χ0v) is 22.0. The Hall–Kier alpha value is -1.13. The lowest BCUT2D eigenvalue weighted by molar-refractivity contribution is 0.00577. The number of nitrogens with one attached hydrogen (secondary N) is 1. The smallest absolute Gasteiger partial charge is 0.218 e. The lowest BCUT2D eigenvalue weighted by Gasteiger charge is -2.49. The van der Waals surface area contributed by atoms with Gasteiger partial charge >= 0.3 is 0 Å². The number of halogens is 1. The van der Waals surface area contributed by atoms with Crippen molar-refractivity contribution in [1.82, 2.24) is 10.2 Å². The van der Waals surface area contributed by atoms with Crippen LogP contribution in [0.25, 0.3) is 0 Å². The SMILES string of the molecule is CC(C)[C@H](CN1CCC(C2CCC(Cl)CC2)C(C)(C)C1)NC1=NC(C2=CC=CCC2)CC=N1. The van der Waals surface area contributed by atoms with E-state index in [9.17, 15) is 0 Å². The van der Waals surface area contributed by atoms with Crippen LogP contribution in [0.2, 0.25) is 0 Å². The zero-order valence-electron chi connectivity index (χ0n) is 21.3. The summed E-state index contributed by atoms with van der Waals surface area (Å²) in [4.78, 5) is 12.3. The van der Waals surface area contributed by atoms with Crippen molar-refractivity contribution in [2.45, 2.75) is 96.5 Å². The van der Waals surface area contributed by atoms with Gasteiger partial charge in [0.15, 0.2) is 0 Å². The summed E-state index contributed by atoms with van der Waals surface area (Å²) in [5.74, 6) is 3.05. The maximum absolute atomic E-state index is 6.39. The van der Waals surface area contributed by atoms with E-state index < -0.39 is 0 Å². The van der Waals surface area contributed by atoms with Crippen molar-refractivity contribution in [2.75, 3.05) is 19.6 Å². The number of hydrogen-bond acceptors (Lipinski definition) is 4. The summed E-state index contributed by atoms with van der Waals surface area (Å²) in [6.07, 6.45) is 18.3. The normalized spacial score (nSPS) is 33.5. The topological polar surface area (TPSA) is 40.0 Å². The molecule has 3 atom stereocenters. The van der Waals surface area contributed by atoms with E-state index >= 15 is 0 Å². The predicted octanol–water partition coefficient (Wildman–Crippen LogP) is 6.22. The highest BCUT2D eigenvalue weighted by Crippen LogP contribution is 2.45. The summed E-state index contributed by atoms with van der Waals surface area (Å²) in [5.41, 5.74) is 1.80. The summed E-state index contributed by atoms with van der Waals surface area (Å²) < 4.78 is 0. The number of aliphatic imine (C=N–C) groups is 2. The Kier molecular flexibility index (Phi) is 8.38. The van der Waals surface area contributed by atoms with Crippen LogP contribution >= 0.6 is 11.6 Å². The number of guanidine groups is 1. The van der Waals surface area contributed by atoms with E-state index in [1.54, 1.807) is 0 Å². The number of allylic oxidation sites excluding steroid dienone is 3. The second kappa shape index (κ2) is 11.1. The molecule has 1 saturated heterocycles. The summed E-state index contributed by atoms with van der Waals surface area (Å²) in [7, 11) is 0. The summed E-state index contributed by atoms with van der Waals surface area (Å²) in [6, 6.07) is 0.611. The summed E-state index contributed by atoms with van der Waals surface area (Å²) in [5, 5.41) is 4.14. The van der Waals surface area contributed by atoms with Gasteiger partial charge in [0.25, 0.3) is 0 Å². The molecule has 1 saturated carbocycles. The maximum atomic E-state index is 6.39. The number of nitrogens with zero attached hydrogens (tertiary/aromatic N) is 3. The molecule has 5 heteroatoms. The molecule has 2 aliphatic carbocycles. The molecule has 2 fully saturated rings. The highest BCUT2D eigenvalue weighted by molar-refractivity contribution is 6.20. The van der Waals surface area contributed by atoms with Crippen molar-refractivity contribution < 1.29 is 0 Å². The highest BCUT2D eigenvalue weighted by atomic mass is 35.5. The quantitative estimate of drug-likeness (QED) is 0.466. The largest absolute Gasteiger partial charge is 0.350 e. The van der Waals surface area contributed by atoms with Crippen LogP contribution in [0, 0.1) is 23.2 Å². The molecule has 4 rings (SSSR count). The maximum Gasteiger partial charge on any atom is 0.218 e. The van der Waals surface area contributed by atoms with E-state index in [4.69, 9.17) is 16.6 Å². The van der Waals surface area contributed by atoms with E-state index in [1.807, 2.05) is 0 Å². The summed E-state index contributed by atoms with van der Waals surface area (Å²) in [6.45, 7) is 13.1. The third-order valence-electron chi connectivity index (χ3n) is 8.53. The molecular formula is C28H45ClN4. The van der Waals surface area contributed by atoms with Gasteiger partial charge in [0.1, 0.15) is 0 Å². The molecule has 2 aliphatic heterocycles. The van der Waals surface area contributed by atoms with Crippen LogP contribution in [0.4, 0.5) is 0 Å². The van der Waals surface area contributed by atoms with Crippen LogP contribution < -0.4 is 5.32 Å². The molecule has 4 aliphatic rings. The van der Waals surface area contributed by atoms with Gasteiger partial charge in [0.05, 0.1) is 6.04 Å². The molecule has 0 amide bonds. The first kappa shape index (κ1) is 25.0. The molecule has 0 aromatic rings. The average Bonchev–Trinajstić information content (AvgIpc) is 2.80. The first-order valence-corrected chi connectivity index (χ1v) is 13.8. The minimum absolute atomic E-state index is 0.250. The first-order valence-electron chi connectivity index (χ1n) is 13.4. The number of hydrogen-bond donors (Lipinski definition) is 1. The van der Waals surface area contributed by atoms with Gasteiger partial charge in [-0.2, -0.15) is 0 Å². The van der Waals surface area contributed by atoms with E-state index in [0.717, 1.165) is 43.6 Å². The van der Waals surface area contributed by atoms with Crippen molar-refractivity contribution in [2.24, 2.45) is 33.2 Å². The van der Waals surface area contributed by atoms with Gasteiger partial charge in [-0.3, -0.25) is 0 Å². The van der Waals surface area contributed by atoms with Crippen LogP contribution in [0.3, 0.4) is 0 Å². The van der Waals surface area contributed by atoms with Crippen LogP contribution in [0.5, 0.6) is 0 Å². The molecule has 2 heterocycles. The molecule has 4 nitrogen and oxygen atoms in total. The monoisotopic (exact) mass is 472 g/mol. The Morgan fingerprint density at radius 3 is 2.64 bits per heavy atom. The van der Waals surface area contributed by atoms with Crippen molar-refractivity contribution in [1.29, 1.82) is 0 Å². The second-order valence-electron chi connectivity index (χ2n) is 11.9. The van der Waals surface area contributed by atoms with E-state index in [2.05, 4.69) is 67.3 Å². The predicted molar refractivity (Wildman–Crippen MR) is 142 cm³/mol. The van der Waals surface area contributed by atoms with Crippen molar-refractivity contribution in [3.63, 3.8) is 0 Å². The molecule has 184 valence electrons. The van der Waals surface area contributed by atoms with Gasteiger partial charge in [-0.25, -0.2) is 9.98 Å². The molecule has 0 radical (unpaired) electrons. The first-order chi connectivity index (χ1) is 15.8. The molecule has 2 unspecified atom stereocenters. The zero-order chi connectivity index (χ0) is 23.4. The lowest BCUT2D eigenvalue weighted by atomic mass is 9.64. The van der Waals surface area contributed by atoms with Crippen molar-refractivity contribution >= 4 is 23.8 Å². The van der Waals surface area contributed by atoms with Gasteiger partial charge in [-0.15, -0.1) is 11.6 Å². The number of piperidine rings is 1. The fourth-order valence-corrected chi connectivity index (χ4v) is 6.79. The highest BCUT2D eigenvalue weighted by Gasteiger charge is 2.41. The van der Waals surface area contributed by atoms with Crippen LogP contribution in [-0.4, -0.2) is 54.2 Å². The number of rotatable bonds is 6. The minimum Gasteiger partial charge on any atom is -0.350 e. The fraction of sp³-hybridized carbons (Fsp3) is 0.786. The standard InChI is InChI=1S/C28H45ClN4/c1-20(2)26(32-27-30-16-14-25(31-27)22-8-6-5-7-9-22)18-33-17-15-24(28(3,4)19-33)21-10-12-23(29)13-11-21/h5-6,8,16,20-21,23-26H,7,9-15,17-19H2,1-4H3,(H,31,32)/t21?,23?,24?,25?,26-/m0/s1. The average molecular weight is 473 g/mol. The Morgan fingerprint density at radius 2 is 1.97 bits per heavy atom. The van der Waals surface area contributed by atoms with Gasteiger partial charge < -0.3 is 10.2 Å². The lowest BCUT2D eigenvalue weighted by Crippen LogP contribution is -2.54. The van der Waals surface area contributed by atoms with Crippen molar-refractivity contribution in [3.05, 3.63) is 23.8 Å². The van der Waals surface area contributed by atoms with Gasteiger partial charge in [0, 0.05) is 37.1 Å². The number of alkyl halides is 1. The van der Waals surface area contributed by atoms with Gasteiger partial charge in [-0.1, -0.05) is 45.9 Å². The third kappa shape index (κ3) is 6.51. The summed E-state index contributed by atoms with van der Waals surface area (Å²) >= 11 is 6.39.